The third kappa shape index (κ3) is 1.38. The molecule has 5 heteroatoms. The number of fused-ring (bicyclic) bond motifs is 1. The highest BCUT2D eigenvalue weighted by atomic mass is 16.3. The van der Waals surface area contributed by atoms with E-state index in [9.17, 15) is 5.11 Å². The van der Waals surface area contributed by atoms with Crippen molar-refractivity contribution in [1.82, 2.24) is 9.78 Å². The molecule has 0 fully saturated rings. The molecule has 0 bridgehead atoms. The Hall–Kier alpha value is -1.07. The summed E-state index contributed by atoms with van der Waals surface area (Å²) in [5, 5.41) is 14.2. The Bertz CT molecular complexity index is 336. The maximum absolute atomic E-state index is 9.84. The number of hydrogen-bond acceptors (Lipinski definition) is 4. The van der Waals surface area contributed by atoms with Crippen LogP contribution in [0.3, 0.4) is 0 Å². The average molecular weight is 196 g/mol. The van der Waals surface area contributed by atoms with E-state index in [2.05, 4.69) is 5.10 Å². The number of nitrogens with zero attached hydrogens (tertiary/aromatic N) is 3. The first-order chi connectivity index (χ1) is 6.59. The van der Waals surface area contributed by atoms with Gasteiger partial charge in [0, 0.05) is 19.7 Å². The largest absolute Gasteiger partial charge is 0.372 e. The minimum absolute atomic E-state index is 0.206. The predicted octanol–water partition coefficient (Wildman–Crippen LogP) is -0.323. The van der Waals surface area contributed by atoms with Gasteiger partial charge in [0.1, 0.15) is 12.0 Å². The molecule has 1 aliphatic heterocycles. The van der Waals surface area contributed by atoms with Crippen molar-refractivity contribution in [2.45, 2.75) is 32.2 Å². The van der Waals surface area contributed by atoms with E-state index in [0.29, 0.717) is 0 Å². The topological polar surface area (TPSA) is 67.3 Å². The number of anilines is 1. The van der Waals surface area contributed by atoms with Crippen molar-refractivity contribution in [3.8, 4) is 0 Å². The fourth-order valence-corrected chi connectivity index (χ4v) is 1.82. The molecule has 1 aromatic rings. The molecule has 5 nitrogen and oxygen atoms in total. The molecule has 0 aromatic carbocycles. The Morgan fingerprint density at radius 3 is 3.07 bits per heavy atom. The van der Waals surface area contributed by atoms with Crippen LogP contribution in [0.15, 0.2) is 6.07 Å². The monoisotopic (exact) mass is 196 g/mol. The smallest absolute Gasteiger partial charge is 0.143 e. The number of likely N-dealkylation sites (N-methyl/N-ethyl adjacent to an activating group) is 1. The molecule has 1 aromatic heterocycles. The van der Waals surface area contributed by atoms with Gasteiger partial charge in [0.2, 0.25) is 0 Å². The highest BCUT2D eigenvalue weighted by molar-refractivity contribution is 5.41. The Labute approximate surface area is 83.1 Å². The maximum atomic E-state index is 9.84. The summed E-state index contributed by atoms with van der Waals surface area (Å²) < 4.78 is 1.89. The van der Waals surface area contributed by atoms with Gasteiger partial charge in [0.05, 0.1) is 11.7 Å². The number of nitrogens with two attached hydrogens (primary N) is 1. The van der Waals surface area contributed by atoms with Crippen molar-refractivity contribution >= 4 is 5.82 Å². The Balaban J connectivity index is 2.38. The van der Waals surface area contributed by atoms with Gasteiger partial charge in [0.15, 0.2) is 0 Å². The Morgan fingerprint density at radius 1 is 1.64 bits per heavy atom. The van der Waals surface area contributed by atoms with Crippen LogP contribution in [0.4, 0.5) is 5.82 Å². The summed E-state index contributed by atoms with van der Waals surface area (Å²) in [5.41, 5.74) is 6.78. The van der Waals surface area contributed by atoms with Crippen molar-refractivity contribution < 1.29 is 5.11 Å². The summed E-state index contributed by atoms with van der Waals surface area (Å²) in [6.45, 7) is 2.72. The molecular weight excluding hydrogens is 180 g/mol. The second-order valence-electron chi connectivity index (χ2n) is 3.84. The lowest BCUT2D eigenvalue weighted by atomic mass is 10.2. The number of hydrogen-bond donors (Lipinski definition) is 2. The minimum Gasteiger partial charge on any atom is -0.372 e. The molecule has 1 unspecified atom stereocenters. The van der Waals surface area contributed by atoms with Gasteiger partial charge in [-0.05, 0) is 13.3 Å². The molecule has 0 saturated heterocycles. The summed E-state index contributed by atoms with van der Waals surface area (Å²) in [6, 6.07) is 1.75. The highest BCUT2D eigenvalue weighted by Crippen LogP contribution is 2.21. The fourth-order valence-electron chi connectivity index (χ4n) is 1.82. The van der Waals surface area contributed by atoms with Crippen molar-refractivity contribution in [2.75, 3.05) is 11.9 Å². The molecule has 2 rings (SSSR count). The lowest BCUT2D eigenvalue weighted by Gasteiger charge is -2.26. The number of aryl methyl sites for hydroxylation is 2. The molecule has 0 radical (unpaired) electrons. The number of aliphatic hydroxyl groups is 1. The first kappa shape index (κ1) is 9.48. The van der Waals surface area contributed by atoms with Crippen molar-refractivity contribution in [3.05, 3.63) is 11.8 Å². The van der Waals surface area contributed by atoms with E-state index in [0.717, 1.165) is 24.5 Å². The van der Waals surface area contributed by atoms with Gasteiger partial charge in [0.25, 0.3) is 0 Å². The second-order valence-corrected chi connectivity index (χ2v) is 3.84. The molecular formula is C9H16N4O. The van der Waals surface area contributed by atoms with Gasteiger partial charge < -0.3 is 15.7 Å². The summed E-state index contributed by atoms with van der Waals surface area (Å²) in [4.78, 5) is 1.78. The minimum atomic E-state index is -0.618. The number of aromatic nitrogens is 2. The lowest BCUT2D eigenvalue weighted by Crippen LogP contribution is -2.45. The number of aliphatic hydroxyl groups excluding tert-OH is 1. The van der Waals surface area contributed by atoms with E-state index in [1.165, 1.54) is 0 Å². The van der Waals surface area contributed by atoms with Crippen molar-refractivity contribution in [2.24, 2.45) is 5.73 Å². The normalized spacial score (nSPS) is 27.3. The van der Waals surface area contributed by atoms with Crippen LogP contribution in [0.5, 0.6) is 0 Å². The summed E-state index contributed by atoms with van der Waals surface area (Å²) in [7, 11) is 1.84. The van der Waals surface area contributed by atoms with Gasteiger partial charge in [-0.15, -0.1) is 0 Å². The van der Waals surface area contributed by atoms with Crippen LogP contribution < -0.4 is 10.6 Å². The molecule has 78 valence electrons. The van der Waals surface area contributed by atoms with Crippen LogP contribution in [0.25, 0.3) is 0 Å². The van der Waals surface area contributed by atoms with Gasteiger partial charge in [-0.3, -0.25) is 0 Å². The van der Waals surface area contributed by atoms with E-state index in [-0.39, 0.29) is 6.04 Å². The first-order valence-corrected chi connectivity index (χ1v) is 4.80. The van der Waals surface area contributed by atoms with Crippen LogP contribution >= 0.6 is 0 Å². The van der Waals surface area contributed by atoms with Gasteiger partial charge >= 0.3 is 0 Å². The van der Waals surface area contributed by atoms with E-state index in [4.69, 9.17) is 5.73 Å². The summed E-state index contributed by atoms with van der Waals surface area (Å²) in [6.07, 6.45) is 0.131. The molecule has 3 N–H and O–H groups in total. The first-order valence-electron chi connectivity index (χ1n) is 4.80. The molecule has 0 spiro atoms. The Kier molecular flexibility index (Phi) is 2.20. The van der Waals surface area contributed by atoms with Crippen LogP contribution in [0.1, 0.15) is 12.1 Å². The average Bonchev–Trinajstić information content (AvgIpc) is 2.49. The van der Waals surface area contributed by atoms with Crippen LogP contribution in [0.2, 0.25) is 0 Å². The fraction of sp³-hybridized carbons (Fsp3) is 0.667. The molecule has 2 heterocycles. The maximum Gasteiger partial charge on any atom is 0.143 e. The number of rotatable bonds is 0. The van der Waals surface area contributed by atoms with Crippen molar-refractivity contribution in [3.63, 3.8) is 0 Å². The zero-order chi connectivity index (χ0) is 10.3. The van der Waals surface area contributed by atoms with Gasteiger partial charge in [-0.2, -0.15) is 5.10 Å². The van der Waals surface area contributed by atoms with Crippen molar-refractivity contribution in [1.29, 1.82) is 0 Å². The Morgan fingerprint density at radius 2 is 2.36 bits per heavy atom. The van der Waals surface area contributed by atoms with Crippen LogP contribution in [-0.2, 0) is 6.54 Å². The van der Waals surface area contributed by atoms with E-state index in [1.54, 1.807) is 4.90 Å². The SMILES string of the molecule is Cc1cc2n(n1)CC[C@@H](N)C(O)N2C. The standard InChI is InChI=1S/C9H16N4O/c1-6-5-8-12(2)9(14)7(10)3-4-13(8)11-6/h5,7,9,14H,3-4,10H2,1-2H3/t7-,9?/m1/s1. The van der Waals surface area contributed by atoms with Gasteiger partial charge in [-0.25, -0.2) is 4.68 Å². The molecule has 0 amide bonds. The summed E-state index contributed by atoms with van der Waals surface area (Å²) >= 11 is 0. The quantitative estimate of drug-likeness (QED) is 0.596. The predicted molar refractivity (Wildman–Crippen MR) is 54.0 cm³/mol. The van der Waals surface area contributed by atoms with Crippen LogP contribution in [0, 0.1) is 6.92 Å². The molecule has 0 saturated carbocycles. The van der Waals surface area contributed by atoms with E-state index >= 15 is 0 Å². The third-order valence-electron chi connectivity index (χ3n) is 2.70. The third-order valence-corrected chi connectivity index (χ3v) is 2.70. The molecule has 14 heavy (non-hydrogen) atoms. The van der Waals surface area contributed by atoms with Crippen LogP contribution in [-0.4, -0.2) is 34.2 Å². The zero-order valence-corrected chi connectivity index (χ0v) is 8.51. The second kappa shape index (κ2) is 3.25. The molecule has 0 aliphatic carbocycles. The highest BCUT2D eigenvalue weighted by Gasteiger charge is 2.26. The zero-order valence-electron chi connectivity index (χ0n) is 8.51. The molecule has 2 atom stereocenters. The molecule has 1 aliphatic rings. The lowest BCUT2D eigenvalue weighted by molar-refractivity contribution is 0.143. The van der Waals surface area contributed by atoms with E-state index in [1.807, 2.05) is 24.7 Å². The summed E-state index contributed by atoms with van der Waals surface area (Å²) in [5.74, 6) is 0.933. The van der Waals surface area contributed by atoms with E-state index < -0.39 is 6.23 Å². The van der Waals surface area contributed by atoms with Gasteiger partial charge in [-0.1, -0.05) is 0 Å².